The van der Waals surface area contributed by atoms with E-state index in [1.807, 2.05) is 0 Å². The molecule has 1 aromatic heterocycles. The van der Waals surface area contributed by atoms with Gasteiger partial charge in [-0.15, -0.1) is 0 Å². The van der Waals surface area contributed by atoms with Crippen molar-refractivity contribution in [3.63, 3.8) is 0 Å². The first-order chi connectivity index (χ1) is 16.2. The largest absolute Gasteiger partial charge is 0.456 e. The number of thioether (sulfide) groups is 1. The zero-order chi connectivity index (χ0) is 25.1. The van der Waals surface area contributed by atoms with Gasteiger partial charge in [0.15, 0.2) is 5.12 Å². The van der Waals surface area contributed by atoms with Gasteiger partial charge in [-0.3, -0.25) is 24.0 Å². The number of pyridine rings is 1. The van der Waals surface area contributed by atoms with Gasteiger partial charge in [-0.25, -0.2) is 9.37 Å². The van der Waals surface area contributed by atoms with E-state index in [4.69, 9.17) is 4.74 Å². The summed E-state index contributed by atoms with van der Waals surface area (Å²) >= 11 is 1.14. The Morgan fingerprint density at radius 2 is 1.97 bits per heavy atom. The third kappa shape index (κ3) is 8.77. The van der Waals surface area contributed by atoms with Gasteiger partial charge in [0.05, 0.1) is 18.7 Å². The highest BCUT2D eigenvalue weighted by Crippen LogP contribution is 2.10. The van der Waals surface area contributed by atoms with Gasteiger partial charge in [0.2, 0.25) is 5.91 Å². The molecule has 2 bridgehead atoms. The van der Waals surface area contributed by atoms with Crippen LogP contribution in [-0.4, -0.2) is 52.2 Å². The molecule has 2 rings (SSSR count). The molecule has 10 nitrogen and oxygen atoms in total. The second kappa shape index (κ2) is 13.2. The lowest BCUT2D eigenvalue weighted by Gasteiger charge is -2.16. The zero-order valence-corrected chi connectivity index (χ0v) is 19.5. The molecule has 3 N–H and O–H groups in total. The first kappa shape index (κ1) is 26.7. The highest BCUT2D eigenvalue weighted by molar-refractivity contribution is 8.13. The molecule has 0 radical (unpaired) electrons. The van der Waals surface area contributed by atoms with Crippen LogP contribution in [0.3, 0.4) is 0 Å². The first-order valence-electron chi connectivity index (χ1n) is 10.4. The number of aromatic nitrogens is 1. The number of carbonyl (C=O) groups excluding carboxylic acids is 5. The molecular formula is C22H25FN4O6S. The lowest BCUT2D eigenvalue weighted by atomic mass is 10.2. The van der Waals surface area contributed by atoms with Crippen molar-refractivity contribution in [3.05, 3.63) is 53.3 Å². The third-order valence-corrected chi connectivity index (χ3v) is 5.24. The van der Waals surface area contributed by atoms with E-state index in [1.54, 1.807) is 6.08 Å². The van der Waals surface area contributed by atoms with Gasteiger partial charge < -0.3 is 20.7 Å². The molecule has 182 valence electrons. The van der Waals surface area contributed by atoms with Crippen LogP contribution in [0.4, 0.5) is 4.39 Å². The maximum Gasteiger partial charge on any atom is 0.326 e. The number of hydrogen-bond acceptors (Lipinski definition) is 8. The average Bonchev–Trinajstić information content (AvgIpc) is 2.79. The number of halogens is 1. The van der Waals surface area contributed by atoms with Gasteiger partial charge in [-0.05, 0) is 31.6 Å². The van der Waals surface area contributed by atoms with Crippen LogP contribution in [0.1, 0.15) is 42.9 Å². The summed E-state index contributed by atoms with van der Waals surface area (Å²) in [5, 5.41) is 7.15. The van der Waals surface area contributed by atoms with Crippen molar-refractivity contribution >= 4 is 40.6 Å². The number of carbonyl (C=O) groups is 5. The maximum atomic E-state index is 14.2. The molecule has 0 aromatic carbocycles. The molecule has 0 fully saturated rings. The molecule has 2 heterocycles. The minimum atomic E-state index is -0.954. The van der Waals surface area contributed by atoms with Crippen molar-refractivity contribution in [1.82, 2.24) is 20.9 Å². The van der Waals surface area contributed by atoms with Crippen LogP contribution in [0, 0.1) is 5.82 Å². The summed E-state index contributed by atoms with van der Waals surface area (Å²) in [6.07, 6.45) is 3.80. The molecule has 0 unspecified atom stereocenters. The average molecular weight is 493 g/mol. The first-order valence-corrected chi connectivity index (χ1v) is 11.4. The molecule has 3 amide bonds. The number of nitrogens with one attached hydrogen (secondary N) is 3. The fraction of sp³-hybridized carbons (Fsp3) is 0.364. The second-order valence-corrected chi connectivity index (χ2v) is 8.30. The molecule has 1 aliphatic heterocycles. The zero-order valence-electron chi connectivity index (χ0n) is 18.7. The smallest absolute Gasteiger partial charge is 0.326 e. The number of amides is 3. The van der Waals surface area contributed by atoms with Crippen LogP contribution in [-0.2, 0) is 30.5 Å². The van der Waals surface area contributed by atoms with E-state index in [2.05, 4.69) is 20.9 Å². The maximum absolute atomic E-state index is 14.2. The standard InChI is InChI=1S/C22H25FN4O6S/c1-3-16-21(31)25-12-20(30)33-14(6-4-5-9-34-13(2)28)10-19(29)24-11-18-15(23)7-8-17(26-18)22(32)27-16/h3-4,6-8,14H,5,9-12H2,1-2H3,(H,24,29)(H,25,31)(H,27,32)/b6-4+,16-3-/t14-/m1/s1. The number of esters is 1. The Labute approximate surface area is 199 Å². The SMILES string of the molecule is C/C=C1\NC(=O)c2ccc(F)c(n2)CNC(=O)C[C@@H](/C=C/CCSC(C)=O)OC(=O)CNC1=O. The monoisotopic (exact) mass is 492 g/mol. The third-order valence-electron chi connectivity index (χ3n) is 4.39. The predicted molar refractivity (Wildman–Crippen MR) is 122 cm³/mol. The number of fused-ring (bicyclic) bond motifs is 2. The Kier molecular flexibility index (Phi) is 10.4. The summed E-state index contributed by atoms with van der Waals surface area (Å²) in [6.45, 7) is 2.16. The van der Waals surface area contributed by atoms with E-state index in [9.17, 15) is 28.4 Å². The fourth-order valence-electron chi connectivity index (χ4n) is 2.74. The van der Waals surface area contributed by atoms with Gasteiger partial charge in [-0.1, -0.05) is 23.9 Å². The molecule has 0 spiro atoms. The molecule has 12 heteroatoms. The van der Waals surface area contributed by atoms with Crippen LogP contribution < -0.4 is 16.0 Å². The number of rotatable bonds is 4. The molecule has 34 heavy (non-hydrogen) atoms. The van der Waals surface area contributed by atoms with Crippen molar-refractivity contribution in [2.75, 3.05) is 12.3 Å². The number of nitrogens with zero attached hydrogens (tertiary/aromatic N) is 1. The van der Waals surface area contributed by atoms with E-state index < -0.39 is 42.2 Å². The molecule has 1 atom stereocenters. The van der Waals surface area contributed by atoms with Gasteiger partial charge in [0.25, 0.3) is 11.8 Å². The Morgan fingerprint density at radius 3 is 2.68 bits per heavy atom. The molecule has 0 saturated heterocycles. The van der Waals surface area contributed by atoms with Crippen LogP contribution in [0.5, 0.6) is 0 Å². The van der Waals surface area contributed by atoms with Crippen LogP contribution in [0.25, 0.3) is 0 Å². The molecular weight excluding hydrogens is 467 g/mol. The Hall–Kier alpha value is -3.54. The fourth-order valence-corrected chi connectivity index (χ4v) is 3.29. The predicted octanol–water partition coefficient (Wildman–Crippen LogP) is 1.13. The molecule has 0 aliphatic carbocycles. The Bertz CT molecular complexity index is 1030. The summed E-state index contributed by atoms with van der Waals surface area (Å²) in [4.78, 5) is 64.3. The van der Waals surface area contributed by atoms with E-state index in [-0.39, 0.29) is 35.2 Å². The lowest BCUT2D eigenvalue weighted by Crippen LogP contribution is -2.39. The summed E-state index contributed by atoms with van der Waals surface area (Å²) in [6, 6.07) is 2.18. The number of hydrogen-bond donors (Lipinski definition) is 3. The van der Waals surface area contributed by atoms with Crippen molar-refractivity contribution in [2.24, 2.45) is 0 Å². The summed E-state index contributed by atoms with van der Waals surface area (Å²) < 4.78 is 19.4. The summed E-state index contributed by atoms with van der Waals surface area (Å²) in [7, 11) is 0. The number of allylic oxidation sites excluding steroid dienone is 2. The molecule has 1 aliphatic rings. The highest BCUT2D eigenvalue weighted by Gasteiger charge is 2.21. The van der Waals surface area contributed by atoms with Gasteiger partial charge >= 0.3 is 5.97 Å². The van der Waals surface area contributed by atoms with Crippen molar-refractivity contribution in [3.8, 4) is 0 Å². The van der Waals surface area contributed by atoms with E-state index in [0.717, 1.165) is 23.9 Å². The Balaban J connectivity index is 2.23. The lowest BCUT2D eigenvalue weighted by molar-refractivity contribution is -0.147. The van der Waals surface area contributed by atoms with Crippen LogP contribution in [0.2, 0.25) is 0 Å². The van der Waals surface area contributed by atoms with Gasteiger partial charge in [0, 0.05) is 12.7 Å². The number of ether oxygens (including phenoxy) is 1. The van der Waals surface area contributed by atoms with E-state index >= 15 is 0 Å². The highest BCUT2D eigenvalue weighted by atomic mass is 32.2. The quantitative estimate of drug-likeness (QED) is 0.246. The van der Waals surface area contributed by atoms with Crippen molar-refractivity contribution in [1.29, 1.82) is 0 Å². The minimum absolute atomic E-state index is 0.0266. The van der Waals surface area contributed by atoms with Crippen molar-refractivity contribution in [2.45, 2.75) is 39.3 Å². The Morgan fingerprint density at radius 1 is 1.21 bits per heavy atom. The van der Waals surface area contributed by atoms with E-state index in [0.29, 0.717) is 12.2 Å². The van der Waals surface area contributed by atoms with Crippen LogP contribution >= 0.6 is 11.8 Å². The minimum Gasteiger partial charge on any atom is -0.456 e. The van der Waals surface area contributed by atoms with Crippen LogP contribution in [0.15, 0.2) is 36.1 Å². The second-order valence-electron chi connectivity index (χ2n) is 7.03. The van der Waals surface area contributed by atoms with Gasteiger partial charge in [-0.2, -0.15) is 0 Å². The molecule has 1 aromatic rings. The van der Waals surface area contributed by atoms with Crippen molar-refractivity contribution < 1.29 is 33.1 Å². The topological polar surface area (TPSA) is 144 Å². The van der Waals surface area contributed by atoms with Gasteiger partial charge in [0.1, 0.15) is 29.9 Å². The normalized spacial score (nSPS) is 19.4. The van der Waals surface area contributed by atoms with E-state index in [1.165, 1.54) is 26.0 Å². The summed E-state index contributed by atoms with van der Waals surface area (Å²) in [5.74, 6) is -3.07. The molecule has 0 saturated carbocycles. The summed E-state index contributed by atoms with van der Waals surface area (Å²) in [5.41, 5.74) is -0.469. The number of cyclic esters (lactones) is 1.